The van der Waals surface area contributed by atoms with E-state index >= 15 is 0 Å². The van der Waals surface area contributed by atoms with Crippen LogP contribution < -0.4 is 5.32 Å². The van der Waals surface area contributed by atoms with Crippen molar-refractivity contribution < 1.29 is 19.4 Å². The molecule has 1 rings (SSSR count). The highest BCUT2D eigenvalue weighted by Crippen LogP contribution is 2.15. The van der Waals surface area contributed by atoms with E-state index < -0.39 is 5.97 Å². The van der Waals surface area contributed by atoms with Crippen molar-refractivity contribution in [2.75, 3.05) is 33.1 Å². The van der Waals surface area contributed by atoms with Gasteiger partial charge in [-0.2, -0.15) is 0 Å². The molecule has 0 spiro atoms. The molecule has 0 atom stereocenters. The fourth-order valence-electron chi connectivity index (χ4n) is 1.78. The first-order chi connectivity index (χ1) is 9.43. The van der Waals surface area contributed by atoms with Crippen molar-refractivity contribution in [3.05, 3.63) is 18.0 Å². The maximum Gasteiger partial charge on any atom is 0.352 e. The van der Waals surface area contributed by atoms with E-state index in [0.29, 0.717) is 12.1 Å². The molecule has 0 aliphatic rings. The third-order valence-corrected chi connectivity index (χ3v) is 2.68. The van der Waals surface area contributed by atoms with E-state index in [1.807, 2.05) is 19.0 Å². The number of carbonyl (C=O) groups excluding carboxylic acids is 1. The van der Waals surface area contributed by atoms with Crippen LogP contribution in [0.3, 0.4) is 0 Å². The van der Waals surface area contributed by atoms with Crippen molar-refractivity contribution in [3.63, 3.8) is 0 Å². The van der Waals surface area contributed by atoms with Crippen LogP contribution in [0.1, 0.15) is 23.3 Å². The zero-order valence-corrected chi connectivity index (χ0v) is 12.0. The fraction of sp³-hybridized carbons (Fsp3) is 0.538. The number of aromatic carboxylic acids is 1. The van der Waals surface area contributed by atoms with E-state index in [-0.39, 0.29) is 18.3 Å². The normalized spacial score (nSPS) is 10.8. The Kier molecular flexibility index (Phi) is 6.20. The van der Waals surface area contributed by atoms with Crippen LogP contribution in [-0.4, -0.2) is 54.2 Å². The van der Waals surface area contributed by atoms with Crippen LogP contribution in [0.5, 0.6) is 0 Å². The minimum atomic E-state index is -1.06. The Morgan fingerprint density at radius 2 is 2.15 bits per heavy atom. The molecular formula is C13H21N3O4. The lowest BCUT2D eigenvalue weighted by Crippen LogP contribution is -2.17. The average molecular weight is 283 g/mol. The molecule has 0 saturated carbocycles. The lowest BCUT2D eigenvalue weighted by molar-refractivity contribution is -0.116. The molecule has 0 fully saturated rings. The monoisotopic (exact) mass is 283 g/mol. The number of carboxylic acids is 1. The highest BCUT2D eigenvalue weighted by atomic mass is 16.5. The van der Waals surface area contributed by atoms with Gasteiger partial charge < -0.3 is 24.6 Å². The van der Waals surface area contributed by atoms with Crippen molar-refractivity contribution >= 4 is 17.6 Å². The molecule has 0 aliphatic carbocycles. The van der Waals surface area contributed by atoms with Gasteiger partial charge in [0, 0.05) is 19.7 Å². The van der Waals surface area contributed by atoms with Crippen LogP contribution in [0.15, 0.2) is 12.3 Å². The molecule has 1 aromatic heterocycles. The van der Waals surface area contributed by atoms with Crippen molar-refractivity contribution in [2.45, 2.75) is 19.6 Å². The van der Waals surface area contributed by atoms with Gasteiger partial charge in [0.1, 0.15) is 12.4 Å². The maximum absolute atomic E-state index is 11.7. The van der Waals surface area contributed by atoms with Gasteiger partial charge in [0.2, 0.25) is 5.91 Å². The molecule has 2 N–H and O–H groups in total. The largest absolute Gasteiger partial charge is 0.477 e. The molecule has 1 aromatic rings. The Hall–Kier alpha value is -1.86. The predicted molar refractivity (Wildman–Crippen MR) is 74.8 cm³/mol. The van der Waals surface area contributed by atoms with E-state index in [4.69, 9.17) is 9.84 Å². The van der Waals surface area contributed by atoms with Crippen LogP contribution in [-0.2, 0) is 16.3 Å². The minimum absolute atomic E-state index is 0.0791. The van der Waals surface area contributed by atoms with Crippen LogP contribution >= 0.6 is 0 Å². The van der Waals surface area contributed by atoms with Gasteiger partial charge in [-0.3, -0.25) is 4.79 Å². The second-order valence-corrected chi connectivity index (χ2v) is 4.76. The third kappa shape index (κ3) is 5.02. The van der Waals surface area contributed by atoms with Gasteiger partial charge in [-0.1, -0.05) is 0 Å². The van der Waals surface area contributed by atoms with Crippen LogP contribution in [0.4, 0.5) is 5.69 Å². The summed E-state index contributed by atoms with van der Waals surface area (Å²) in [5.74, 6) is -1.19. The van der Waals surface area contributed by atoms with Gasteiger partial charge in [-0.15, -0.1) is 0 Å². The molecule has 0 unspecified atom stereocenters. The van der Waals surface area contributed by atoms with Crippen molar-refractivity contribution in [1.29, 1.82) is 0 Å². The predicted octanol–water partition coefficient (Wildman–Crippen LogP) is 1.07. The molecule has 1 amide bonds. The second-order valence-electron chi connectivity index (χ2n) is 4.76. The molecule has 0 radical (unpaired) electrons. The molecule has 20 heavy (non-hydrogen) atoms. The van der Waals surface area contributed by atoms with Crippen LogP contribution in [0.2, 0.25) is 0 Å². The number of hydrogen-bond acceptors (Lipinski definition) is 4. The zero-order chi connectivity index (χ0) is 15.1. The SMILES string of the molecule is COCn1cc(NC(=O)CCCN(C)C)cc1C(=O)O. The average Bonchev–Trinajstić information content (AvgIpc) is 2.72. The molecule has 0 aliphatic heterocycles. The van der Waals surface area contributed by atoms with E-state index in [2.05, 4.69) is 5.32 Å². The number of hydrogen-bond donors (Lipinski definition) is 2. The van der Waals surface area contributed by atoms with Gasteiger partial charge in [-0.25, -0.2) is 4.79 Å². The number of rotatable bonds is 8. The number of ether oxygens (including phenoxy) is 1. The number of nitrogens with one attached hydrogen (secondary N) is 1. The Morgan fingerprint density at radius 3 is 2.70 bits per heavy atom. The quantitative estimate of drug-likeness (QED) is 0.745. The Labute approximate surface area is 118 Å². The first kappa shape index (κ1) is 16.2. The summed E-state index contributed by atoms with van der Waals surface area (Å²) in [6, 6.07) is 1.42. The smallest absolute Gasteiger partial charge is 0.352 e. The highest BCUT2D eigenvalue weighted by molar-refractivity contribution is 5.93. The number of nitrogens with zero attached hydrogens (tertiary/aromatic N) is 2. The van der Waals surface area contributed by atoms with Gasteiger partial charge >= 0.3 is 5.97 Å². The molecule has 0 bridgehead atoms. The first-order valence-corrected chi connectivity index (χ1v) is 6.31. The number of carboxylic acid groups (broad SMARTS) is 1. The molecule has 7 heteroatoms. The summed E-state index contributed by atoms with van der Waals surface area (Å²) in [5, 5.41) is 11.7. The highest BCUT2D eigenvalue weighted by Gasteiger charge is 2.13. The van der Waals surface area contributed by atoms with E-state index in [1.54, 1.807) is 6.20 Å². The van der Waals surface area contributed by atoms with E-state index in [0.717, 1.165) is 13.0 Å². The summed E-state index contributed by atoms with van der Waals surface area (Å²) in [6.45, 7) is 0.955. The summed E-state index contributed by atoms with van der Waals surface area (Å²) in [4.78, 5) is 24.8. The maximum atomic E-state index is 11.7. The van der Waals surface area contributed by atoms with Gasteiger partial charge in [0.25, 0.3) is 0 Å². The summed E-state index contributed by atoms with van der Waals surface area (Å²) < 4.78 is 6.34. The third-order valence-electron chi connectivity index (χ3n) is 2.68. The Morgan fingerprint density at radius 1 is 1.45 bits per heavy atom. The number of methoxy groups -OCH3 is 1. The van der Waals surface area contributed by atoms with Crippen LogP contribution in [0, 0.1) is 0 Å². The standard InChI is InChI=1S/C13H21N3O4/c1-15(2)6-4-5-12(17)14-10-7-11(13(18)19)16(8-10)9-20-3/h7-8H,4-6,9H2,1-3H3,(H,14,17)(H,18,19). The number of anilines is 1. The number of amides is 1. The molecule has 7 nitrogen and oxygen atoms in total. The topological polar surface area (TPSA) is 83.8 Å². The second kappa shape index (κ2) is 7.66. The first-order valence-electron chi connectivity index (χ1n) is 6.31. The van der Waals surface area contributed by atoms with Gasteiger partial charge in [0.05, 0.1) is 5.69 Å². The Balaban J connectivity index is 2.61. The molecular weight excluding hydrogens is 262 g/mol. The summed E-state index contributed by atoms with van der Waals surface area (Å²) >= 11 is 0. The van der Waals surface area contributed by atoms with Crippen molar-refractivity contribution in [1.82, 2.24) is 9.47 Å². The molecule has 0 aromatic carbocycles. The minimum Gasteiger partial charge on any atom is -0.477 e. The van der Waals surface area contributed by atoms with E-state index in [9.17, 15) is 9.59 Å². The lowest BCUT2D eigenvalue weighted by atomic mass is 10.3. The van der Waals surface area contributed by atoms with Crippen molar-refractivity contribution in [3.8, 4) is 0 Å². The molecule has 112 valence electrons. The molecule has 1 heterocycles. The summed E-state index contributed by atoms with van der Waals surface area (Å²) in [7, 11) is 5.37. The zero-order valence-electron chi connectivity index (χ0n) is 12.0. The Bertz CT molecular complexity index is 468. The van der Waals surface area contributed by atoms with Gasteiger partial charge in [0.15, 0.2) is 0 Å². The summed E-state index contributed by atoms with van der Waals surface area (Å²) in [6.07, 6.45) is 2.70. The number of carbonyl (C=O) groups is 2. The van der Waals surface area contributed by atoms with Gasteiger partial charge in [-0.05, 0) is 33.1 Å². The van der Waals surface area contributed by atoms with E-state index in [1.165, 1.54) is 17.7 Å². The van der Waals surface area contributed by atoms with Crippen molar-refractivity contribution in [2.24, 2.45) is 0 Å². The van der Waals surface area contributed by atoms with Crippen LogP contribution in [0.25, 0.3) is 0 Å². The summed E-state index contributed by atoms with van der Waals surface area (Å²) in [5.41, 5.74) is 0.546. The molecule has 0 saturated heterocycles. The number of aromatic nitrogens is 1. The lowest BCUT2D eigenvalue weighted by Gasteiger charge is -2.08. The fourth-order valence-corrected chi connectivity index (χ4v) is 1.78.